The molecule has 0 spiro atoms. The van der Waals surface area contributed by atoms with Crippen LogP contribution in [0.4, 0.5) is 0 Å². The maximum absolute atomic E-state index is 12.7. The number of hydrogen-bond donors (Lipinski definition) is 1. The number of amides is 1. The van der Waals surface area contributed by atoms with Crippen molar-refractivity contribution in [1.82, 2.24) is 9.21 Å². The highest BCUT2D eigenvalue weighted by Crippen LogP contribution is 2.24. The SMILES string of the molecule is CCS(=O)(=O)N1CCN(C(=O)c2cc(S(N)(=O)=O)ccc2OC)CC1. The molecule has 0 radical (unpaired) electrons. The van der Waals surface area contributed by atoms with Crippen LogP contribution in [0.5, 0.6) is 5.75 Å². The predicted molar refractivity (Wildman–Crippen MR) is 91.3 cm³/mol. The number of piperazine rings is 1. The number of nitrogens with zero attached hydrogens (tertiary/aromatic N) is 2. The molecule has 140 valence electrons. The molecule has 25 heavy (non-hydrogen) atoms. The van der Waals surface area contributed by atoms with Gasteiger partial charge in [-0.15, -0.1) is 0 Å². The summed E-state index contributed by atoms with van der Waals surface area (Å²) in [5, 5.41) is 5.11. The molecule has 11 heteroatoms. The number of rotatable bonds is 5. The van der Waals surface area contributed by atoms with Gasteiger partial charge in [0, 0.05) is 26.2 Å². The van der Waals surface area contributed by atoms with E-state index < -0.39 is 26.0 Å². The molecule has 0 aromatic heterocycles. The van der Waals surface area contributed by atoms with Gasteiger partial charge in [-0.05, 0) is 25.1 Å². The number of hydrogen-bond acceptors (Lipinski definition) is 6. The van der Waals surface area contributed by atoms with Crippen molar-refractivity contribution >= 4 is 26.0 Å². The Morgan fingerprint density at radius 1 is 1.16 bits per heavy atom. The van der Waals surface area contributed by atoms with Crippen LogP contribution in [-0.4, -0.2) is 71.0 Å². The number of benzene rings is 1. The zero-order chi connectivity index (χ0) is 18.8. The van der Waals surface area contributed by atoms with Gasteiger partial charge in [-0.1, -0.05) is 0 Å². The predicted octanol–water partition coefficient (Wildman–Crippen LogP) is -0.550. The number of methoxy groups -OCH3 is 1. The van der Waals surface area contributed by atoms with E-state index in [9.17, 15) is 21.6 Å². The molecule has 0 saturated carbocycles. The fourth-order valence-corrected chi connectivity index (χ4v) is 4.18. The monoisotopic (exact) mass is 391 g/mol. The Labute approximate surface area is 147 Å². The molecule has 0 aliphatic carbocycles. The van der Waals surface area contributed by atoms with Crippen molar-refractivity contribution in [1.29, 1.82) is 0 Å². The molecule has 1 amide bonds. The van der Waals surface area contributed by atoms with E-state index in [-0.39, 0.29) is 48.1 Å². The number of carbonyl (C=O) groups excluding carboxylic acids is 1. The fraction of sp³-hybridized carbons (Fsp3) is 0.500. The van der Waals surface area contributed by atoms with Crippen LogP contribution < -0.4 is 9.88 Å². The minimum Gasteiger partial charge on any atom is -0.496 e. The maximum atomic E-state index is 12.7. The summed E-state index contributed by atoms with van der Waals surface area (Å²) >= 11 is 0. The molecule has 1 aliphatic rings. The van der Waals surface area contributed by atoms with E-state index in [1.165, 1.54) is 34.5 Å². The Bertz CT molecular complexity index is 859. The van der Waals surface area contributed by atoms with Gasteiger partial charge in [0.2, 0.25) is 20.0 Å². The quantitative estimate of drug-likeness (QED) is 0.717. The molecular weight excluding hydrogens is 370 g/mol. The molecule has 2 rings (SSSR count). The second-order valence-corrected chi connectivity index (χ2v) is 9.32. The maximum Gasteiger partial charge on any atom is 0.257 e. The van der Waals surface area contributed by atoms with Crippen LogP contribution in [0.25, 0.3) is 0 Å². The van der Waals surface area contributed by atoms with Gasteiger partial charge >= 0.3 is 0 Å². The second kappa shape index (κ2) is 7.28. The normalized spacial score (nSPS) is 16.7. The lowest BCUT2D eigenvalue weighted by atomic mass is 10.1. The zero-order valence-corrected chi connectivity index (χ0v) is 15.6. The first-order valence-corrected chi connectivity index (χ1v) is 10.7. The van der Waals surface area contributed by atoms with Crippen LogP contribution in [0.3, 0.4) is 0 Å². The molecule has 0 bridgehead atoms. The molecular formula is C14H21N3O6S2. The molecule has 0 atom stereocenters. The third kappa shape index (κ3) is 4.29. The van der Waals surface area contributed by atoms with Gasteiger partial charge < -0.3 is 9.64 Å². The van der Waals surface area contributed by atoms with Crippen LogP contribution >= 0.6 is 0 Å². The summed E-state index contributed by atoms with van der Waals surface area (Å²) in [5.74, 6) is -0.206. The average Bonchev–Trinajstić information content (AvgIpc) is 2.59. The number of primary sulfonamides is 1. The van der Waals surface area contributed by atoms with Crippen molar-refractivity contribution in [2.24, 2.45) is 5.14 Å². The average molecular weight is 391 g/mol. The Morgan fingerprint density at radius 3 is 2.24 bits per heavy atom. The van der Waals surface area contributed by atoms with Gasteiger partial charge in [0.1, 0.15) is 5.75 Å². The highest BCUT2D eigenvalue weighted by Gasteiger charge is 2.29. The van der Waals surface area contributed by atoms with Gasteiger partial charge in [-0.3, -0.25) is 4.79 Å². The summed E-state index contributed by atoms with van der Waals surface area (Å²) in [6.07, 6.45) is 0. The Kier molecular flexibility index (Phi) is 5.72. The lowest BCUT2D eigenvalue weighted by Crippen LogP contribution is -2.50. The van der Waals surface area contributed by atoms with Gasteiger partial charge in [0.05, 0.1) is 23.3 Å². The first kappa shape index (κ1) is 19.6. The van der Waals surface area contributed by atoms with E-state index in [0.717, 1.165) is 0 Å². The summed E-state index contributed by atoms with van der Waals surface area (Å²) in [5.41, 5.74) is 0.0702. The molecule has 1 aliphatic heterocycles. The molecule has 1 saturated heterocycles. The molecule has 1 fully saturated rings. The topological polar surface area (TPSA) is 127 Å². The van der Waals surface area contributed by atoms with Gasteiger partial charge in [0.25, 0.3) is 5.91 Å². The first-order valence-electron chi connectivity index (χ1n) is 7.58. The van der Waals surface area contributed by atoms with Crippen molar-refractivity contribution in [3.8, 4) is 5.75 Å². The zero-order valence-electron chi connectivity index (χ0n) is 14.0. The number of carbonyl (C=O) groups is 1. The first-order chi connectivity index (χ1) is 11.6. The lowest BCUT2D eigenvalue weighted by molar-refractivity contribution is 0.0694. The Morgan fingerprint density at radius 2 is 1.76 bits per heavy atom. The van der Waals surface area contributed by atoms with E-state index in [1.807, 2.05) is 0 Å². The van der Waals surface area contributed by atoms with Gasteiger partial charge in [-0.25, -0.2) is 22.0 Å². The smallest absolute Gasteiger partial charge is 0.257 e. The largest absolute Gasteiger partial charge is 0.496 e. The molecule has 9 nitrogen and oxygen atoms in total. The van der Waals surface area contributed by atoms with Gasteiger partial charge in [-0.2, -0.15) is 4.31 Å². The molecule has 1 aromatic carbocycles. The van der Waals surface area contributed by atoms with Crippen LogP contribution in [0.15, 0.2) is 23.1 Å². The number of sulfonamides is 2. The van der Waals surface area contributed by atoms with Gasteiger partial charge in [0.15, 0.2) is 0 Å². The highest BCUT2D eigenvalue weighted by molar-refractivity contribution is 7.89. The van der Waals surface area contributed by atoms with E-state index >= 15 is 0 Å². The number of ether oxygens (including phenoxy) is 1. The molecule has 0 unspecified atom stereocenters. The van der Waals surface area contributed by atoms with Crippen molar-refractivity contribution in [2.45, 2.75) is 11.8 Å². The third-order valence-corrected chi connectivity index (χ3v) is 6.81. The van der Waals surface area contributed by atoms with Crippen molar-refractivity contribution in [2.75, 3.05) is 39.0 Å². The van der Waals surface area contributed by atoms with Crippen LogP contribution in [0.1, 0.15) is 17.3 Å². The number of nitrogens with two attached hydrogens (primary N) is 1. The summed E-state index contributed by atoms with van der Waals surface area (Å²) in [6.45, 7) is 2.37. The van der Waals surface area contributed by atoms with Crippen molar-refractivity contribution < 1.29 is 26.4 Å². The highest BCUT2D eigenvalue weighted by atomic mass is 32.2. The summed E-state index contributed by atoms with van der Waals surface area (Å²) in [7, 11) is -5.89. The third-order valence-electron chi connectivity index (χ3n) is 4.01. The summed E-state index contributed by atoms with van der Waals surface area (Å²) < 4.78 is 53.2. The van der Waals surface area contributed by atoms with E-state index in [0.29, 0.717) is 0 Å². The minimum absolute atomic E-state index is 0.00513. The second-order valence-electron chi connectivity index (χ2n) is 5.50. The van der Waals surface area contributed by atoms with Crippen molar-refractivity contribution in [3.63, 3.8) is 0 Å². The molecule has 1 aromatic rings. The Hall–Kier alpha value is -1.69. The molecule has 2 N–H and O–H groups in total. The van der Waals surface area contributed by atoms with Crippen LogP contribution in [0, 0.1) is 0 Å². The van der Waals surface area contributed by atoms with Crippen molar-refractivity contribution in [3.05, 3.63) is 23.8 Å². The Balaban J connectivity index is 2.24. The fourth-order valence-electron chi connectivity index (χ4n) is 2.55. The van der Waals surface area contributed by atoms with E-state index in [2.05, 4.69) is 0 Å². The summed E-state index contributed by atoms with van der Waals surface area (Å²) in [4.78, 5) is 14.0. The molecule has 1 heterocycles. The van der Waals surface area contributed by atoms with E-state index in [1.54, 1.807) is 6.92 Å². The van der Waals surface area contributed by atoms with Crippen LogP contribution in [-0.2, 0) is 20.0 Å². The minimum atomic E-state index is -3.96. The lowest BCUT2D eigenvalue weighted by Gasteiger charge is -2.34. The van der Waals surface area contributed by atoms with Crippen LogP contribution in [0.2, 0.25) is 0 Å². The standard InChI is InChI=1S/C14H21N3O6S2/c1-3-24(19,20)17-8-6-16(7-9-17)14(18)12-10-11(25(15,21)22)4-5-13(12)23-2/h4-5,10H,3,6-9H2,1-2H3,(H2,15,21,22). The van der Waals surface area contributed by atoms with E-state index in [4.69, 9.17) is 9.88 Å². The summed E-state index contributed by atoms with van der Waals surface area (Å²) in [6, 6.07) is 3.80.